The Kier molecular flexibility index (Phi) is 5.52. The highest BCUT2D eigenvalue weighted by Gasteiger charge is 2.66. The fourth-order valence-electron chi connectivity index (χ4n) is 5.80. The van der Waals surface area contributed by atoms with E-state index in [4.69, 9.17) is 14.2 Å². The van der Waals surface area contributed by atoms with Gasteiger partial charge in [0.15, 0.2) is 0 Å². The Morgan fingerprint density at radius 3 is 2.56 bits per heavy atom. The second-order valence-electron chi connectivity index (χ2n) is 10.9. The second kappa shape index (κ2) is 7.69. The molecule has 0 radical (unpaired) electrons. The van der Waals surface area contributed by atoms with Gasteiger partial charge in [0.1, 0.15) is 17.3 Å². The summed E-state index contributed by atoms with van der Waals surface area (Å²) >= 11 is 0. The van der Waals surface area contributed by atoms with Gasteiger partial charge in [-0.25, -0.2) is 0 Å². The van der Waals surface area contributed by atoms with Gasteiger partial charge in [-0.1, -0.05) is 38.0 Å². The zero-order chi connectivity index (χ0) is 23.4. The average molecular weight is 439 g/mol. The van der Waals surface area contributed by atoms with E-state index < -0.39 is 5.79 Å². The quantitative estimate of drug-likeness (QED) is 0.516. The highest BCUT2D eigenvalue weighted by Crippen LogP contribution is 2.66. The van der Waals surface area contributed by atoms with Crippen molar-refractivity contribution in [2.45, 2.75) is 85.0 Å². The monoisotopic (exact) mass is 438 g/mol. The lowest BCUT2D eigenvalue weighted by Gasteiger charge is -2.54. The van der Waals surface area contributed by atoms with Crippen LogP contribution in [0.15, 0.2) is 47.8 Å². The first-order valence-corrected chi connectivity index (χ1v) is 11.8. The van der Waals surface area contributed by atoms with E-state index in [0.717, 1.165) is 41.9 Å². The normalized spacial score (nSPS) is 33.2. The van der Waals surface area contributed by atoms with E-state index in [1.807, 2.05) is 19.1 Å². The van der Waals surface area contributed by atoms with Crippen LogP contribution in [-0.4, -0.2) is 23.6 Å². The molecule has 3 atom stereocenters. The first kappa shape index (κ1) is 23.0. The van der Waals surface area contributed by atoms with E-state index in [1.54, 1.807) is 7.11 Å². The minimum atomic E-state index is -0.714. The molecule has 1 saturated carbocycles. The fraction of sp³-hybridized carbons (Fsp3) is 0.571. The highest BCUT2D eigenvalue weighted by molar-refractivity contribution is 5.46. The molecule has 1 fully saturated rings. The molecule has 0 saturated heterocycles. The number of aromatic hydroxyl groups is 1. The van der Waals surface area contributed by atoms with Crippen molar-refractivity contribution in [3.05, 3.63) is 58.9 Å². The summed E-state index contributed by atoms with van der Waals surface area (Å²) in [6.07, 6.45) is 13.6. The minimum absolute atomic E-state index is 0.0355. The number of allylic oxidation sites excluding steroid dienone is 3. The van der Waals surface area contributed by atoms with Gasteiger partial charge in [0.2, 0.25) is 5.79 Å². The molecule has 1 aliphatic carbocycles. The summed E-state index contributed by atoms with van der Waals surface area (Å²) in [5, 5.41) is 10.5. The van der Waals surface area contributed by atoms with Gasteiger partial charge in [-0.15, -0.1) is 0 Å². The summed E-state index contributed by atoms with van der Waals surface area (Å²) in [6.45, 7) is 12.9. The molecule has 2 heterocycles. The third-order valence-electron chi connectivity index (χ3n) is 8.00. The van der Waals surface area contributed by atoms with Crippen molar-refractivity contribution in [2.75, 3.05) is 7.11 Å². The predicted octanol–water partition coefficient (Wildman–Crippen LogP) is 6.76. The fourth-order valence-corrected chi connectivity index (χ4v) is 5.80. The van der Waals surface area contributed by atoms with E-state index in [0.29, 0.717) is 12.2 Å². The number of methoxy groups -OCH3 is 1. The number of fused-ring (bicyclic) bond motifs is 2. The lowest BCUT2D eigenvalue weighted by molar-refractivity contribution is -0.292. The molecule has 3 aliphatic rings. The minimum Gasteiger partial charge on any atom is -0.507 e. The molecule has 4 heteroatoms. The lowest BCUT2D eigenvalue weighted by atomic mass is 9.61. The van der Waals surface area contributed by atoms with Crippen LogP contribution >= 0.6 is 0 Å². The molecule has 1 spiro atoms. The number of phenols is 1. The van der Waals surface area contributed by atoms with Gasteiger partial charge in [-0.3, -0.25) is 0 Å². The molecule has 1 aromatic rings. The molecule has 2 aliphatic heterocycles. The van der Waals surface area contributed by atoms with Crippen molar-refractivity contribution in [3.8, 4) is 11.5 Å². The molecule has 4 nitrogen and oxygen atoms in total. The van der Waals surface area contributed by atoms with Crippen LogP contribution in [0.1, 0.15) is 71.4 Å². The van der Waals surface area contributed by atoms with Crippen molar-refractivity contribution in [3.63, 3.8) is 0 Å². The molecule has 1 N–H and O–H groups in total. The smallest absolute Gasteiger partial charge is 0.236 e. The Bertz CT molecular complexity index is 1000. The van der Waals surface area contributed by atoms with Gasteiger partial charge in [-0.2, -0.15) is 0 Å². The Hall–Kier alpha value is -2.20. The van der Waals surface area contributed by atoms with Crippen LogP contribution in [0, 0.1) is 17.8 Å². The highest BCUT2D eigenvalue weighted by atomic mass is 16.7. The van der Waals surface area contributed by atoms with Crippen LogP contribution < -0.4 is 4.74 Å². The van der Waals surface area contributed by atoms with E-state index in [-0.39, 0.29) is 16.4 Å². The summed E-state index contributed by atoms with van der Waals surface area (Å²) in [7, 11) is 1.65. The second-order valence-corrected chi connectivity index (χ2v) is 10.9. The third kappa shape index (κ3) is 3.67. The number of hydrogen-bond donors (Lipinski definition) is 1. The first-order valence-electron chi connectivity index (χ1n) is 11.8. The van der Waals surface area contributed by atoms with Gasteiger partial charge in [0.05, 0.1) is 12.7 Å². The number of rotatable bonds is 5. The summed E-state index contributed by atoms with van der Waals surface area (Å²) in [6, 6.07) is 3.76. The van der Waals surface area contributed by atoms with E-state index >= 15 is 0 Å². The maximum Gasteiger partial charge on any atom is 0.236 e. The number of aryl methyl sites for hydroxylation is 1. The molecule has 0 bridgehead atoms. The van der Waals surface area contributed by atoms with E-state index in [9.17, 15) is 5.11 Å². The molecule has 0 aromatic heterocycles. The number of hydrogen-bond acceptors (Lipinski definition) is 4. The topological polar surface area (TPSA) is 47.9 Å². The van der Waals surface area contributed by atoms with Gasteiger partial charge >= 0.3 is 0 Å². The molecule has 0 amide bonds. The van der Waals surface area contributed by atoms with Crippen molar-refractivity contribution in [1.29, 1.82) is 0 Å². The van der Waals surface area contributed by atoms with Gasteiger partial charge in [0, 0.05) is 22.8 Å². The van der Waals surface area contributed by atoms with Crippen LogP contribution in [-0.2, 0) is 15.9 Å². The largest absolute Gasteiger partial charge is 0.507 e. The molecule has 1 aromatic carbocycles. The standard InChI is InChI=1S/C28H38O4/c1-19(9-10-21-17-22(30-7)16-20(2)24(21)29)15-23-18-26(5)11-8-12-27(26,6)28(31-23)14-13-25(3,4)32-28/h9,13-14,16-18,29H,8,10-12,15H2,1-7H3/t26-,27-,28-/m1/s1. The van der Waals surface area contributed by atoms with Gasteiger partial charge in [-0.05, 0) is 76.8 Å². The summed E-state index contributed by atoms with van der Waals surface area (Å²) < 4.78 is 18.7. The Morgan fingerprint density at radius 1 is 1.16 bits per heavy atom. The summed E-state index contributed by atoms with van der Waals surface area (Å²) in [4.78, 5) is 0. The third-order valence-corrected chi connectivity index (χ3v) is 8.00. The van der Waals surface area contributed by atoms with E-state index in [2.05, 4.69) is 58.9 Å². The van der Waals surface area contributed by atoms with Crippen LogP contribution in [0.25, 0.3) is 0 Å². The Balaban J connectivity index is 1.58. The van der Waals surface area contributed by atoms with Crippen molar-refractivity contribution in [1.82, 2.24) is 0 Å². The number of ether oxygens (including phenoxy) is 3. The maximum absolute atomic E-state index is 10.5. The lowest BCUT2D eigenvalue weighted by Crippen LogP contribution is -2.57. The molecule has 4 rings (SSSR count). The molecule has 174 valence electrons. The summed E-state index contributed by atoms with van der Waals surface area (Å²) in [5.74, 6) is 1.37. The number of phenolic OH excluding ortho intramolecular Hbond substituents is 1. The van der Waals surface area contributed by atoms with E-state index in [1.165, 1.54) is 12.0 Å². The number of benzene rings is 1. The molecular weight excluding hydrogens is 400 g/mol. The molecule has 0 unspecified atom stereocenters. The Morgan fingerprint density at radius 2 is 1.91 bits per heavy atom. The zero-order valence-electron chi connectivity index (χ0n) is 20.7. The SMILES string of the molecule is COc1cc(C)c(O)c(CC=C(C)CC2=C[C@@]3(C)CCC[C@@]3(C)[C@]3(C=CC(C)(C)O3)O2)c1. The zero-order valence-corrected chi connectivity index (χ0v) is 20.7. The van der Waals surface area contributed by atoms with Crippen LogP contribution in [0.3, 0.4) is 0 Å². The molecule has 32 heavy (non-hydrogen) atoms. The maximum atomic E-state index is 10.5. The van der Waals surface area contributed by atoms with Crippen LogP contribution in [0.2, 0.25) is 0 Å². The van der Waals surface area contributed by atoms with Crippen LogP contribution in [0.4, 0.5) is 0 Å². The summed E-state index contributed by atoms with van der Waals surface area (Å²) in [5.41, 5.74) is 2.52. The predicted molar refractivity (Wildman–Crippen MR) is 128 cm³/mol. The molecular formula is C28H38O4. The average Bonchev–Trinajstić information content (AvgIpc) is 3.20. The van der Waals surface area contributed by atoms with Crippen molar-refractivity contribution < 1.29 is 19.3 Å². The Labute approximate surface area is 193 Å². The van der Waals surface area contributed by atoms with Crippen molar-refractivity contribution in [2.24, 2.45) is 10.8 Å². The van der Waals surface area contributed by atoms with Crippen LogP contribution in [0.5, 0.6) is 11.5 Å². The first-order chi connectivity index (χ1) is 14.9. The van der Waals surface area contributed by atoms with Gasteiger partial charge < -0.3 is 19.3 Å². The van der Waals surface area contributed by atoms with Gasteiger partial charge in [0.25, 0.3) is 0 Å². The van der Waals surface area contributed by atoms with Crippen molar-refractivity contribution >= 4 is 0 Å².